The molecule has 0 unspecified atom stereocenters. The fourth-order valence-corrected chi connectivity index (χ4v) is 4.37. The van der Waals surface area contributed by atoms with E-state index >= 15 is 0 Å². The maximum absolute atomic E-state index is 13.1. The van der Waals surface area contributed by atoms with E-state index in [9.17, 15) is 4.79 Å². The largest absolute Gasteiger partial charge is 0.446 e. The molecule has 0 bridgehead atoms. The molecule has 0 saturated heterocycles. The summed E-state index contributed by atoms with van der Waals surface area (Å²) in [5.41, 5.74) is 2.13. The molecule has 0 aliphatic carbocycles. The molecule has 0 spiro atoms. The molecule has 6 nitrogen and oxygen atoms in total. The molecule has 1 amide bonds. The highest BCUT2D eigenvalue weighted by molar-refractivity contribution is 7.99. The average molecular weight is 413 g/mol. The van der Waals surface area contributed by atoms with Crippen LogP contribution in [0, 0.1) is 0 Å². The summed E-state index contributed by atoms with van der Waals surface area (Å²) in [6.45, 7) is 4.04. The highest BCUT2D eigenvalue weighted by Gasteiger charge is 2.35. The molecule has 1 aromatic carbocycles. The summed E-state index contributed by atoms with van der Waals surface area (Å²) in [6.07, 6.45) is 0.612. The van der Waals surface area contributed by atoms with E-state index in [0.29, 0.717) is 23.2 Å². The van der Waals surface area contributed by atoms with Crippen LogP contribution in [0.4, 0.5) is 5.69 Å². The van der Waals surface area contributed by atoms with Crippen LogP contribution in [0.5, 0.6) is 5.88 Å². The van der Waals surface area contributed by atoms with Gasteiger partial charge in [-0.15, -0.1) is 21.5 Å². The van der Waals surface area contributed by atoms with Gasteiger partial charge in [0.05, 0.1) is 10.6 Å². The van der Waals surface area contributed by atoms with Gasteiger partial charge in [0.15, 0.2) is 5.69 Å². The third-order valence-corrected chi connectivity index (χ3v) is 5.93. The SMILES string of the molecule is CCCC(=O)N1c2ccccc2-c2nnc(SCC)nc2O[C@@H]1c1cccs1. The summed E-state index contributed by atoms with van der Waals surface area (Å²) < 4.78 is 6.34. The molecule has 28 heavy (non-hydrogen) atoms. The lowest BCUT2D eigenvalue weighted by atomic mass is 10.1. The summed E-state index contributed by atoms with van der Waals surface area (Å²) >= 11 is 3.06. The van der Waals surface area contributed by atoms with Crippen LogP contribution in [0.1, 0.15) is 37.8 Å². The number of nitrogens with zero attached hydrogens (tertiary/aromatic N) is 4. The Hall–Kier alpha value is -2.45. The second-order valence-corrected chi connectivity index (χ2v) is 8.41. The van der Waals surface area contributed by atoms with Gasteiger partial charge in [-0.2, -0.15) is 4.98 Å². The third kappa shape index (κ3) is 3.49. The topological polar surface area (TPSA) is 68.2 Å². The molecule has 1 aliphatic rings. The minimum atomic E-state index is -0.586. The summed E-state index contributed by atoms with van der Waals surface area (Å²) in [4.78, 5) is 20.4. The smallest absolute Gasteiger partial charge is 0.247 e. The molecule has 0 N–H and O–H groups in total. The van der Waals surface area contributed by atoms with E-state index in [2.05, 4.69) is 15.2 Å². The number of para-hydroxylation sites is 1. The Kier molecular flexibility index (Phi) is 5.59. The first-order valence-electron chi connectivity index (χ1n) is 9.22. The van der Waals surface area contributed by atoms with Crippen molar-refractivity contribution in [1.29, 1.82) is 0 Å². The minimum Gasteiger partial charge on any atom is -0.446 e. The standard InChI is InChI=1S/C20H20N4O2S2/c1-3-8-16(25)24-14-10-6-5-9-13(14)17-18(21-20(23-22-17)27-4-2)26-19(24)15-11-7-12-28-15/h5-7,9-12,19H,3-4,8H2,1-2H3/t19-/m1/s1. The number of amides is 1. The maximum atomic E-state index is 13.1. The Bertz CT molecular complexity index is 978. The number of aromatic nitrogens is 3. The number of hydrogen-bond acceptors (Lipinski definition) is 7. The average Bonchev–Trinajstić information content (AvgIpc) is 3.19. The number of carbonyl (C=O) groups excluding carboxylic acids is 1. The van der Waals surface area contributed by atoms with E-state index in [1.807, 2.05) is 55.6 Å². The van der Waals surface area contributed by atoms with Gasteiger partial charge in [-0.25, -0.2) is 0 Å². The monoisotopic (exact) mass is 412 g/mol. The van der Waals surface area contributed by atoms with E-state index in [-0.39, 0.29) is 5.91 Å². The van der Waals surface area contributed by atoms with Crippen molar-refractivity contribution >= 4 is 34.7 Å². The van der Waals surface area contributed by atoms with Crippen molar-refractivity contribution in [3.05, 3.63) is 46.7 Å². The molecule has 0 saturated carbocycles. The number of carbonyl (C=O) groups is 1. The van der Waals surface area contributed by atoms with E-state index in [0.717, 1.165) is 28.3 Å². The lowest BCUT2D eigenvalue weighted by Crippen LogP contribution is -2.37. The Balaban J connectivity index is 1.92. The van der Waals surface area contributed by atoms with E-state index in [1.54, 1.807) is 16.2 Å². The number of thiophene rings is 1. The first-order chi connectivity index (χ1) is 13.7. The third-order valence-electron chi connectivity index (χ3n) is 4.30. The summed E-state index contributed by atoms with van der Waals surface area (Å²) in [5, 5.41) is 11.2. The van der Waals surface area contributed by atoms with Crippen LogP contribution in [-0.2, 0) is 4.79 Å². The highest BCUT2D eigenvalue weighted by Crippen LogP contribution is 2.44. The molecule has 0 fully saturated rings. The van der Waals surface area contributed by atoms with Crippen LogP contribution in [-0.4, -0.2) is 26.8 Å². The summed E-state index contributed by atoms with van der Waals surface area (Å²) in [6, 6.07) is 11.6. The Morgan fingerprint density at radius 2 is 2.07 bits per heavy atom. The van der Waals surface area contributed by atoms with Crippen LogP contribution >= 0.6 is 23.1 Å². The number of hydrogen-bond donors (Lipinski definition) is 0. The number of rotatable bonds is 5. The molecular formula is C20H20N4O2S2. The van der Waals surface area contributed by atoms with Gasteiger partial charge in [0.1, 0.15) is 0 Å². The fourth-order valence-electron chi connectivity index (χ4n) is 3.12. The molecule has 1 atom stereocenters. The molecule has 0 radical (unpaired) electrons. The van der Waals surface area contributed by atoms with Gasteiger partial charge in [0.25, 0.3) is 0 Å². The van der Waals surface area contributed by atoms with Crippen molar-refractivity contribution in [2.45, 2.75) is 38.1 Å². The molecule has 4 rings (SSSR count). The van der Waals surface area contributed by atoms with Gasteiger partial charge >= 0.3 is 0 Å². The number of benzene rings is 1. The second-order valence-electron chi connectivity index (χ2n) is 6.20. The predicted octanol–water partition coefficient (Wildman–Crippen LogP) is 4.94. The zero-order chi connectivity index (χ0) is 19.5. The van der Waals surface area contributed by atoms with Crippen molar-refractivity contribution in [1.82, 2.24) is 15.2 Å². The van der Waals surface area contributed by atoms with Crippen molar-refractivity contribution in [3.8, 4) is 17.1 Å². The number of fused-ring (bicyclic) bond motifs is 3. The molecular weight excluding hydrogens is 392 g/mol. The van der Waals surface area contributed by atoms with Gasteiger partial charge in [0, 0.05) is 12.0 Å². The Morgan fingerprint density at radius 3 is 2.82 bits per heavy atom. The van der Waals surface area contributed by atoms with E-state index < -0.39 is 6.23 Å². The molecule has 8 heteroatoms. The first kappa shape index (κ1) is 18.9. The van der Waals surface area contributed by atoms with E-state index in [1.165, 1.54) is 11.8 Å². The zero-order valence-electron chi connectivity index (χ0n) is 15.7. The lowest BCUT2D eigenvalue weighted by molar-refractivity contribution is -0.120. The van der Waals surface area contributed by atoms with Gasteiger partial charge < -0.3 is 4.74 Å². The maximum Gasteiger partial charge on any atom is 0.247 e. The molecule has 3 heterocycles. The Labute approximate surface area is 172 Å². The van der Waals surface area contributed by atoms with Crippen molar-refractivity contribution < 1.29 is 9.53 Å². The number of anilines is 1. The van der Waals surface area contributed by atoms with Gasteiger partial charge in [0.2, 0.25) is 23.2 Å². The van der Waals surface area contributed by atoms with Crippen molar-refractivity contribution in [2.24, 2.45) is 0 Å². The van der Waals surface area contributed by atoms with E-state index in [4.69, 9.17) is 4.74 Å². The van der Waals surface area contributed by atoms with Gasteiger partial charge in [-0.3, -0.25) is 9.69 Å². The zero-order valence-corrected chi connectivity index (χ0v) is 17.3. The first-order valence-corrected chi connectivity index (χ1v) is 11.1. The highest BCUT2D eigenvalue weighted by atomic mass is 32.2. The van der Waals surface area contributed by atoms with Crippen LogP contribution in [0.25, 0.3) is 11.3 Å². The predicted molar refractivity (Wildman–Crippen MR) is 112 cm³/mol. The van der Waals surface area contributed by atoms with Gasteiger partial charge in [-0.05, 0) is 29.7 Å². The molecule has 3 aromatic rings. The normalized spacial score (nSPS) is 15.4. The van der Waals surface area contributed by atoms with Crippen LogP contribution in [0.2, 0.25) is 0 Å². The van der Waals surface area contributed by atoms with Gasteiger partial charge in [-0.1, -0.05) is 49.9 Å². The van der Waals surface area contributed by atoms with Crippen LogP contribution in [0.15, 0.2) is 46.9 Å². The molecule has 144 valence electrons. The number of thioether (sulfide) groups is 1. The van der Waals surface area contributed by atoms with Crippen LogP contribution < -0.4 is 9.64 Å². The lowest BCUT2D eigenvalue weighted by Gasteiger charge is -2.29. The quantitative estimate of drug-likeness (QED) is 0.553. The van der Waals surface area contributed by atoms with Crippen molar-refractivity contribution in [3.63, 3.8) is 0 Å². The van der Waals surface area contributed by atoms with Crippen molar-refractivity contribution in [2.75, 3.05) is 10.7 Å². The van der Waals surface area contributed by atoms with Crippen LogP contribution in [0.3, 0.4) is 0 Å². The second kappa shape index (κ2) is 8.28. The Morgan fingerprint density at radius 1 is 1.21 bits per heavy atom. The summed E-state index contributed by atoms with van der Waals surface area (Å²) in [5.74, 6) is 1.26. The summed E-state index contributed by atoms with van der Waals surface area (Å²) in [7, 11) is 0. The number of ether oxygens (including phenoxy) is 1. The molecule has 1 aliphatic heterocycles. The fraction of sp³-hybridized carbons (Fsp3) is 0.300. The minimum absolute atomic E-state index is 0.0114. The molecule has 2 aromatic heterocycles.